The lowest BCUT2D eigenvalue weighted by Gasteiger charge is -2.09. The van der Waals surface area contributed by atoms with Crippen molar-refractivity contribution in [1.29, 1.82) is 0 Å². The number of carbonyl (C=O) groups excluding carboxylic acids is 1. The summed E-state index contributed by atoms with van der Waals surface area (Å²) in [6, 6.07) is 15.3. The Morgan fingerprint density at radius 1 is 1.09 bits per heavy atom. The predicted molar refractivity (Wildman–Crippen MR) is 86.0 cm³/mol. The van der Waals surface area contributed by atoms with Crippen LogP contribution in [0.3, 0.4) is 0 Å². The van der Waals surface area contributed by atoms with E-state index >= 15 is 0 Å². The first-order valence-electron chi connectivity index (χ1n) is 6.87. The molecular formula is C17H13F2NO2S. The van der Waals surface area contributed by atoms with E-state index in [2.05, 4.69) is 4.74 Å². The average Bonchev–Trinajstić information content (AvgIpc) is 2.82. The van der Waals surface area contributed by atoms with Crippen molar-refractivity contribution in [2.24, 2.45) is 5.73 Å². The summed E-state index contributed by atoms with van der Waals surface area (Å²) >= 11 is 1.27. The Bertz CT molecular complexity index is 762. The molecule has 0 fully saturated rings. The second kappa shape index (κ2) is 6.42. The minimum atomic E-state index is -2.91. The fourth-order valence-corrected chi connectivity index (χ4v) is 3.56. The number of thioether (sulfide) groups is 1. The number of nitrogens with two attached hydrogens (primary N) is 1. The van der Waals surface area contributed by atoms with Crippen molar-refractivity contribution < 1.29 is 18.3 Å². The lowest BCUT2D eigenvalue weighted by molar-refractivity contribution is -0.113. The van der Waals surface area contributed by atoms with E-state index in [1.165, 1.54) is 23.9 Å². The molecule has 1 atom stereocenters. The largest absolute Gasteiger partial charge is 0.435 e. The quantitative estimate of drug-likeness (QED) is 0.920. The van der Waals surface area contributed by atoms with Crippen LogP contribution in [0.15, 0.2) is 59.6 Å². The highest BCUT2D eigenvalue weighted by Gasteiger charge is 2.34. The third-order valence-corrected chi connectivity index (χ3v) is 4.61. The van der Waals surface area contributed by atoms with E-state index in [0.29, 0.717) is 16.2 Å². The van der Waals surface area contributed by atoms with Crippen LogP contribution in [0.2, 0.25) is 0 Å². The summed E-state index contributed by atoms with van der Waals surface area (Å²) in [5.41, 5.74) is 7.71. The molecule has 2 aromatic carbocycles. The topological polar surface area (TPSA) is 52.3 Å². The smallest absolute Gasteiger partial charge is 0.387 e. The number of allylic oxidation sites excluding steroid dienone is 1. The van der Waals surface area contributed by atoms with Crippen molar-refractivity contribution >= 4 is 23.1 Å². The summed E-state index contributed by atoms with van der Waals surface area (Å²) in [6.07, 6.45) is 0. The Morgan fingerprint density at radius 2 is 1.83 bits per heavy atom. The zero-order chi connectivity index (χ0) is 16.4. The van der Waals surface area contributed by atoms with Gasteiger partial charge in [-0.15, -0.1) is 0 Å². The van der Waals surface area contributed by atoms with Gasteiger partial charge in [0.1, 0.15) is 5.75 Å². The number of carbonyl (C=O) groups is 1. The first kappa shape index (κ1) is 15.6. The highest BCUT2D eigenvalue weighted by molar-refractivity contribution is 8.04. The molecule has 0 radical (unpaired) electrons. The van der Waals surface area contributed by atoms with Gasteiger partial charge in [0, 0.05) is 0 Å². The monoisotopic (exact) mass is 333 g/mol. The Kier molecular flexibility index (Phi) is 4.34. The molecule has 2 aromatic rings. The van der Waals surface area contributed by atoms with Gasteiger partial charge in [-0.1, -0.05) is 54.2 Å². The van der Waals surface area contributed by atoms with Crippen molar-refractivity contribution in [3.63, 3.8) is 0 Å². The molecule has 0 aliphatic carbocycles. The average molecular weight is 333 g/mol. The zero-order valence-corrected chi connectivity index (χ0v) is 12.7. The molecule has 0 bridgehead atoms. The normalized spacial score (nSPS) is 17.9. The number of ether oxygens (including phenoxy) is 1. The molecule has 0 saturated carbocycles. The van der Waals surface area contributed by atoms with Crippen LogP contribution < -0.4 is 10.5 Å². The van der Waals surface area contributed by atoms with Gasteiger partial charge < -0.3 is 10.5 Å². The van der Waals surface area contributed by atoms with Gasteiger partial charge >= 0.3 is 6.61 Å². The Balaban J connectivity index is 1.91. The molecule has 3 rings (SSSR count). The Hall–Kier alpha value is -2.34. The SMILES string of the molecule is NC1=C(c2cccc(OC(F)F)c2)C(=O)C(c2ccccc2)S1. The van der Waals surface area contributed by atoms with E-state index in [9.17, 15) is 13.6 Å². The second-order valence-electron chi connectivity index (χ2n) is 4.92. The molecule has 2 N–H and O–H groups in total. The van der Waals surface area contributed by atoms with E-state index in [4.69, 9.17) is 5.73 Å². The number of halogens is 2. The lowest BCUT2D eigenvalue weighted by atomic mass is 9.97. The minimum Gasteiger partial charge on any atom is -0.435 e. The third kappa shape index (κ3) is 3.22. The Morgan fingerprint density at radius 3 is 2.52 bits per heavy atom. The molecule has 1 heterocycles. The number of ketones is 1. The van der Waals surface area contributed by atoms with E-state index in [1.807, 2.05) is 30.3 Å². The van der Waals surface area contributed by atoms with Gasteiger partial charge in [0.05, 0.1) is 15.9 Å². The predicted octanol–water partition coefficient (Wildman–Crippen LogP) is 3.97. The van der Waals surface area contributed by atoms with Crippen LogP contribution in [-0.2, 0) is 4.79 Å². The van der Waals surface area contributed by atoms with Crippen LogP contribution in [-0.4, -0.2) is 12.4 Å². The highest BCUT2D eigenvalue weighted by Crippen LogP contribution is 2.46. The minimum absolute atomic E-state index is 0.00115. The first-order chi connectivity index (χ1) is 11.1. The molecule has 0 saturated heterocycles. The molecule has 0 amide bonds. The molecule has 0 spiro atoms. The van der Waals surface area contributed by atoms with Gasteiger partial charge in [-0.25, -0.2) is 0 Å². The van der Waals surface area contributed by atoms with Crippen LogP contribution in [0.25, 0.3) is 5.57 Å². The molecule has 3 nitrogen and oxygen atoms in total. The maximum absolute atomic E-state index is 12.7. The molecule has 1 aliphatic heterocycles. The van der Waals surface area contributed by atoms with E-state index in [0.717, 1.165) is 5.56 Å². The summed E-state index contributed by atoms with van der Waals surface area (Å²) in [5.74, 6) is -0.133. The number of hydrogen-bond donors (Lipinski definition) is 1. The van der Waals surface area contributed by atoms with Gasteiger partial charge in [0.15, 0.2) is 5.78 Å². The van der Waals surface area contributed by atoms with Crippen molar-refractivity contribution in [2.45, 2.75) is 11.9 Å². The first-order valence-corrected chi connectivity index (χ1v) is 7.75. The standard InChI is InChI=1S/C17H13F2NO2S/c18-17(19)22-12-8-4-7-11(9-12)13-14(21)15(23-16(13)20)10-5-2-1-3-6-10/h1-9,15,17H,20H2. The van der Waals surface area contributed by atoms with Gasteiger partial charge in [-0.3, -0.25) is 4.79 Å². The summed E-state index contributed by atoms with van der Waals surface area (Å²) < 4.78 is 29.1. The highest BCUT2D eigenvalue weighted by atomic mass is 32.2. The third-order valence-electron chi connectivity index (χ3n) is 3.43. The van der Waals surface area contributed by atoms with Crippen LogP contribution in [0.1, 0.15) is 16.4 Å². The van der Waals surface area contributed by atoms with Crippen LogP contribution in [0.4, 0.5) is 8.78 Å². The number of Topliss-reactive ketones (excluding diaryl/α,β-unsaturated/α-hetero) is 1. The molecule has 23 heavy (non-hydrogen) atoms. The molecule has 118 valence electrons. The second-order valence-corrected chi connectivity index (χ2v) is 6.07. The van der Waals surface area contributed by atoms with Crippen molar-refractivity contribution in [1.82, 2.24) is 0 Å². The summed E-state index contributed by atoms with van der Waals surface area (Å²) in [7, 11) is 0. The van der Waals surface area contributed by atoms with Crippen LogP contribution in [0, 0.1) is 0 Å². The fourth-order valence-electron chi connectivity index (χ4n) is 2.45. The van der Waals surface area contributed by atoms with Crippen LogP contribution in [0.5, 0.6) is 5.75 Å². The molecular weight excluding hydrogens is 320 g/mol. The van der Waals surface area contributed by atoms with E-state index < -0.39 is 11.9 Å². The van der Waals surface area contributed by atoms with Gasteiger partial charge in [0.2, 0.25) is 0 Å². The zero-order valence-electron chi connectivity index (χ0n) is 11.9. The van der Waals surface area contributed by atoms with E-state index in [-0.39, 0.29) is 11.5 Å². The molecule has 0 aromatic heterocycles. The van der Waals surface area contributed by atoms with Crippen LogP contribution >= 0.6 is 11.8 Å². The van der Waals surface area contributed by atoms with Gasteiger partial charge in [-0.05, 0) is 23.3 Å². The van der Waals surface area contributed by atoms with Crippen molar-refractivity contribution in [3.8, 4) is 5.75 Å². The van der Waals surface area contributed by atoms with Crippen molar-refractivity contribution in [2.75, 3.05) is 0 Å². The Labute approximate surface area is 136 Å². The summed E-state index contributed by atoms with van der Waals surface area (Å²) in [4.78, 5) is 12.7. The number of rotatable bonds is 4. The summed E-state index contributed by atoms with van der Waals surface area (Å²) in [5, 5.41) is -0.0241. The lowest BCUT2D eigenvalue weighted by Crippen LogP contribution is -2.07. The molecule has 1 aliphatic rings. The maximum atomic E-state index is 12.7. The van der Waals surface area contributed by atoms with Crippen molar-refractivity contribution in [3.05, 3.63) is 70.8 Å². The number of hydrogen-bond acceptors (Lipinski definition) is 4. The summed E-state index contributed by atoms with van der Waals surface area (Å²) in [6.45, 7) is -2.91. The van der Waals surface area contributed by atoms with Gasteiger partial charge in [-0.2, -0.15) is 8.78 Å². The van der Waals surface area contributed by atoms with E-state index in [1.54, 1.807) is 12.1 Å². The number of benzene rings is 2. The number of alkyl halides is 2. The fraction of sp³-hybridized carbons (Fsp3) is 0.118. The van der Waals surface area contributed by atoms with Gasteiger partial charge in [0.25, 0.3) is 0 Å². The maximum Gasteiger partial charge on any atom is 0.387 e. The molecule has 6 heteroatoms. The molecule has 1 unspecified atom stereocenters.